The van der Waals surface area contributed by atoms with Gasteiger partial charge in [0.05, 0.1) is 19.3 Å². The number of rotatable bonds is 5. The summed E-state index contributed by atoms with van der Waals surface area (Å²) in [6, 6.07) is 7.01. The number of hydrogen-bond acceptors (Lipinski definition) is 3. The molecule has 2 heterocycles. The van der Waals surface area contributed by atoms with Crippen molar-refractivity contribution in [2.24, 2.45) is 0 Å². The number of hydrogen-bond donors (Lipinski definition) is 0. The van der Waals surface area contributed by atoms with Crippen molar-refractivity contribution in [2.45, 2.75) is 33.6 Å². The number of carbonyl (C=O) groups is 1. The van der Waals surface area contributed by atoms with E-state index in [0.29, 0.717) is 16.1 Å². The Morgan fingerprint density at radius 3 is 2.41 bits per heavy atom. The van der Waals surface area contributed by atoms with Gasteiger partial charge < -0.3 is 9.30 Å². The topological polar surface area (TPSA) is 49.1 Å². The molecule has 2 aromatic heterocycles. The van der Waals surface area contributed by atoms with Crippen LogP contribution in [0.15, 0.2) is 36.7 Å². The van der Waals surface area contributed by atoms with Crippen molar-refractivity contribution in [3.63, 3.8) is 0 Å². The zero-order valence-electron chi connectivity index (χ0n) is 16.0. The first-order chi connectivity index (χ1) is 13.6. The monoisotopic (exact) mass is 425 g/mol. The van der Waals surface area contributed by atoms with E-state index >= 15 is 0 Å². The molecule has 5 nitrogen and oxygen atoms in total. The predicted molar refractivity (Wildman–Crippen MR) is 103 cm³/mol. The first kappa shape index (κ1) is 21.0. The number of carbonyl (C=O) groups excluding carboxylic acids is 1. The third-order valence-corrected chi connectivity index (χ3v) is 4.92. The summed E-state index contributed by atoms with van der Waals surface area (Å²) in [7, 11) is 0. The quantitative estimate of drug-likeness (QED) is 0.519. The Kier molecular flexibility index (Phi) is 5.75. The lowest BCUT2D eigenvalue weighted by molar-refractivity contribution is -0.212. The predicted octanol–water partition coefficient (Wildman–Crippen LogP) is 5.32. The van der Waals surface area contributed by atoms with E-state index in [4.69, 9.17) is 16.3 Å². The molecular weight excluding hydrogens is 407 g/mol. The third-order valence-electron chi connectivity index (χ3n) is 4.67. The van der Waals surface area contributed by atoms with Crippen LogP contribution in [0.1, 0.15) is 34.2 Å². The largest absolute Gasteiger partial charge is 0.504 e. The summed E-state index contributed by atoms with van der Waals surface area (Å²) in [5.41, 5.74) is 3.61. The second kappa shape index (κ2) is 7.94. The second-order valence-electron chi connectivity index (χ2n) is 6.51. The Morgan fingerprint density at radius 1 is 1.21 bits per heavy atom. The summed E-state index contributed by atoms with van der Waals surface area (Å²) in [6.07, 6.45) is -2.55. The molecule has 0 fully saturated rings. The van der Waals surface area contributed by atoms with Gasteiger partial charge in [-0.2, -0.15) is 9.78 Å². The highest BCUT2D eigenvalue weighted by molar-refractivity contribution is 6.30. The van der Waals surface area contributed by atoms with Crippen molar-refractivity contribution in [3.8, 4) is 11.1 Å². The highest BCUT2D eigenvalue weighted by Gasteiger charge is 2.32. The number of nitrogens with zero attached hydrogens (tertiary/aromatic N) is 3. The van der Waals surface area contributed by atoms with Crippen LogP contribution in [0.2, 0.25) is 5.02 Å². The van der Waals surface area contributed by atoms with Crippen LogP contribution in [0.3, 0.4) is 0 Å². The molecule has 0 saturated heterocycles. The minimum Gasteiger partial charge on any atom is -0.461 e. The number of halogens is 4. The molecule has 3 aromatic rings. The molecular formula is C20H19ClF3N3O2. The fourth-order valence-electron chi connectivity index (χ4n) is 3.21. The van der Waals surface area contributed by atoms with Crippen molar-refractivity contribution in [1.82, 2.24) is 14.3 Å². The van der Waals surface area contributed by atoms with E-state index in [2.05, 4.69) is 5.10 Å². The Labute approximate surface area is 170 Å². The lowest BCUT2D eigenvalue weighted by atomic mass is 10.0. The van der Waals surface area contributed by atoms with Gasteiger partial charge in [0, 0.05) is 28.0 Å². The second-order valence-corrected chi connectivity index (χ2v) is 6.94. The summed E-state index contributed by atoms with van der Waals surface area (Å²) >= 11 is 5.98. The van der Waals surface area contributed by atoms with Gasteiger partial charge in [-0.1, -0.05) is 23.7 Å². The zero-order chi connectivity index (χ0) is 21.3. The Morgan fingerprint density at radius 2 is 1.86 bits per heavy atom. The lowest BCUT2D eigenvalue weighted by Crippen LogP contribution is -2.17. The van der Waals surface area contributed by atoms with Gasteiger partial charge in [0.1, 0.15) is 5.69 Å². The Hall–Kier alpha value is -2.74. The number of alkyl halides is 3. The molecule has 0 unspecified atom stereocenters. The van der Waals surface area contributed by atoms with E-state index in [0.717, 1.165) is 29.2 Å². The number of benzene rings is 1. The third kappa shape index (κ3) is 4.17. The maximum atomic E-state index is 12.9. The SMILES string of the molecule is CCOC(=O)c1c(-c2ccc(Cl)cc2)c(C)c(C)n1Cc1cnn(C(F)(F)F)c1. The molecule has 0 aliphatic heterocycles. The molecule has 0 saturated carbocycles. The van der Waals surface area contributed by atoms with Crippen LogP contribution in [-0.4, -0.2) is 26.9 Å². The normalized spacial score (nSPS) is 11.7. The van der Waals surface area contributed by atoms with Crippen molar-refractivity contribution in [3.05, 3.63) is 64.2 Å². The van der Waals surface area contributed by atoms with Crippen LogP contribution in [-0.2, 0) is 17.6 Å². The van der Waals surface area contributed by atoms with Gasteiger partial charge in [0.2, 0.25) is 0 Å². The zero-order valence-corrected chi connectivity index (χ0v) is 16.8. The smallest absolute Gasteiger partial charge is 0.461 e. The summed E-state index contributed by atoms with van der Waals surface area (Å²) in [5.74, 6) is -0.545. The van der Waals surface area contributed by atoms with Crippen molar-refractivity contribution < 1.29 is 22.7 Å². The summed E-state index contributed by atoms with van der Waals surface area (Å²) < 4.78 is 45.4. The average Bonchev–Trinajstić information content (AvgIpc) is 3.22. The lowest BCUT2D eigenvalue weighted by Gasteiger charge is -2.12. The van der Waals surface area contributed by atoms with Gasteiger partial charge in [-0.25, -0.2) is 4.79 Å². The average molecular weight is 426 g/mol. The highest BCUT2D eigenvalue weighted by Crippen LogP contribution is 2.34. The van der Waals surface area contributed by atoms with E-state index in [1.165, 1.54) is 0 Å². The molecule has 154 valence electrons. The van der Waals surface area contributed by atoms with Gasteiger partial charge in [-0.15, -0.1) is 13.2 Å². The molecule has 0 atom stereocenters. The van der Waals surface area contributed by atoms with Crippen molar-refractivity contribution >= 4 is 17.6 Å². The van der Waals surface area contributed by atoms with Gasteiger partial charge >= 0.3 is 12.3 Å². The Balaban J connectivity index is 2.13. The van der Waals surface area contributed by atoms with Crippen LogP contribution in [0.5, 0.6) is 0 Å². The molecule has 1 aromatic carbocycles. The molecule has 0 radical (unpaired) electrons. The summed E-state index contributed by atoms with van der Waals surface area (Å²) in [5, 5.41) is 3.92. The summed E-state index contributed by atoms with van der Waals surface area (Å²) in [4.78, 5) is 12.8. The van der Waals surface area contributed by atoms with Crippen molar-refractivity contribution in [2.75, 3.05) is 6.61 Å². The van der Waals surface area contributed by atoms with Crippen LogP contribution in [0, 0.1) is 13.8 Å². The summed E-state index contributed by atoms with van der Waals surface area (Å²) in [6.45, 7) is 5.59. The van der Waals surface area contributed by atoms with E-state index in [1.807, 2.05) is 13.8 Å². The fraction of sp³-hybridized carbons (Fsp3) is 0.300. The standard InChI is InChI=1S/C20H19ClF3N3O2/c1-4-29-19(28)18-17(15-5-7-16(21)8-6-15)12(2)13(3)26(18)10-14-9-25-27(11-14)20(22,23)24/h5-9,11H,4,10H2,1-3H3. The molecule has 0 bridgehead atoms. The first-order valence-electron chi connectivity index (χ1n) is 8.87. The fourth-order valence-corrected chi connectivity index (χ4v) is 3.33. The van der Waals surface area contributed by atoms with Crippen LogP contribution in [0.4, 0.5) is 13.2 Å². The van der Waals surface area contributed by atoms with E-state index in [1.54, 1.807) is 35.8 Å². The molecule has 9 heteroatoms. The van der Waals surface area contributed by atoms with Gasteiger partial charge in [0.15, 0.2) is 0 Å². The molecule has 0 amide bonds. The van der Waals surface area contributed by atoms with Crippen LogP contribution in [0.25, 0.3) is 11.1 Å². The van der Waals surface area contributed by atoms with Crippen LogP contribution >= 0.6 is 11.6 Å². The number of ether oxygens (including phenoxy) is 1. The van der Waals surface area contributed by atoms with Crippen LogP contribution < -0.4 is 0 Å². The maximum absolute atomic E-state index is 12.9. The molecule has 3 rings (SSSR count). The molecule has 0 spiro atoms. The van der Waals surface area contributed by atoms with E-state index in [-0.39, 0.29) is 23.5 Å². The first-order valence-corrected chi connectivity index (χ1v) is 9.24. The minimum absolute atomic E-state index is 0.0461. The Bertz CT molecular complexity index is 1040. The minimum atomic E-state index is -4.60. The van der Waals surface area contributed by atoms with Crippen molar-refractivity contribution in [1.29, 1.82) is 0 Å². The van der Waals surface area contributed by atoms with Gasteiger partial charge in [-0.3, -0.25) is 0 Å². The van der Waals surface area contributed by atoms with E-state index in [9.17, 15) is 18.0 Å². The molecule has 0 N–H and O–H groups in total. The highest BCUT2D eigenvalue weighted by atomic mass is 35.5. The molecule has 29 heavy (non-hydrogen) atoms. The number of aromatic nitrogens is 3. The number of esters is 1. The van der Waals surface area contributed by atoms with Gasteiger partial charge in [0.25, 0.3) is 0 Å². The maximum Gasteiger partial charge on any atom is 0.504 e. The van der Waals surface area contributed by atoms with Gasteiger partial charge in [-0.05, 0) is 44.0 Å². The molecule has 0 aliphatic rings. The molecule has 0 aliphatic carbocycles. The van der Waals surface area contributed by atoms with E-state index < -0.39 is 12.3 Å².